The number of carbonyl (C=O) groups excluding carboxylic acids is 7. The number of carbonyl (C=O) groups is 7. The number of fused-ring (bicyclic) bond motifs is 1. The molecule has 1 aromatic carbocycles. The molecule has 5 amide bonds. The van der Waals surface area contributed by atoms with Gasteiger partial charge in [0.25, 0.3) is 5.91 Å². The van der Waals surface area contributed by atoms with Crippen LogP contribution in [0.4, 0.5) is 0 Å². The highest BCUT2D eigenvalue weighted by molar-refractivity contribution is 5.96. The van der Waals surface area contributed by atoms with Crippen molar-refractivity contribution in [2.45, 2.75) is 143 Å². The summed E-state index contributed by atoms with van der Waals surface area (Å²) in [5.41, 5.74) is -0.653. The molecular weight excluding hydrogens is 743 g/mol. The summed E-state index contributed by atoms with van der Waals surface area (Å²) in [7, 11) is 1.47. The molecule has 2 aliphatic heterocycles. The smallest absolute Gasteiger partial charge is 0.329 e. The molecule has 3 N–H and O–H groups in total. The second-order valence-corrected chi connectivity index (χ2v) is 16.7. The van der Waals surface area contributed by atoms with Crippen LogP contribution in [0.1, 0.15) is 106 Å². The fourth-order valence-corrected chi connectivity index (χ4v) is 7.25. The average Bonchev–Trinajstić information content (AvgIpc) is 3.70. The molecule has 14 nitrogen and oxygen atoms in total. The maximum atomic E-state index is 14.5. The molecule has 0 spiro atoms. The number of unbranched alkanes of at least 4 members (excludes halogenated alkanes) is 1. The van der Waals surface area contributed by atoms with Crippen LogP contribution < -0.4 is 16.0 Å². The highest BCUT2D eigenvalue weighted by Gasteiger charge is 2.45. The Morgan fingerprint density at radius 1 is 0.879 bits per heavy atom. The number of hydrogen-bond donors (Lipinski definition) is 3. The van der Waals surface area contributed by atoms with Gasteiger partial charge in [0.1, 0.15) is 36.8 Å². The topological polar surface area (TPSA) is 181 Å². The second-order valence-electron chi connectivity index (χ2n) is 16.7. The summed E-state index contributed by atoms with van der Waals surface area (Å²) in [4.78, 5) is 101. The van der Waals surface area contributed by atoms with Gasteiger partial charge in [0, 0.05) is 32.4 Å². The monoisotopic (exact) mass is 807 g/mol. The predicted molar refractivity (Wildman–Crippen MR) is 218 cm³/mol. The van der Waals surface area contributed by atoms with Gasteiger partial charge in [-0.1, -0.05) is 78.3 Å². The van der Waals surface area contributed by atoms with E-state index in [0.717, 1.165) is 5.56 Å². The van der Waals surface area contributed by atoms with Crippen LogP contribution in [0.25, 0.3) is 0 Å². The molecule has 14 heteroatoms. The van der Waals surface area contributed by atoms with Gasteiger partial charge in [0.15, 0.2) is 6.10 Å². The van der Waals surface area contributed by atoms with E-state index in [2.05, 4.69) is 21.9 Å². The molecule has 0 aliphatic carbocycles. The molecule has 1 aromatic rings. The predicted octanol–water partition coefficient (Wildman–Crippen LogP) is 3.55. The van der Waals surface area contributed by atoms with Gasteiger partial charge < -0.3 is 35.2 Å². The standard InChI is InChI=1S/C44H65N5O9/c1-11-14-16-23-33-44(8,9)43(56)47-35(27(4)5)40(53)48(10)32(25-30-20-17-15-18-21-30)42(55)58-37(29(7)13-3)41(54)49-24-19-22-31(49)38(51)46-36(28(6)12-2)39(52)45-26-34(50)57-33/h1,15,17-18,20-21,27-29,31-33,35-37H,12-14,16,19,22-26H2,2-10H3,(H,45,52)(H,46,51)(H,47,56)/t28-,29-,31-,32-,33-,35-,36?,37?/m0/s1. The molecule has 8 atom stereocenters. The Kier molecular flexibility index (Phi) is 17.8. The number of esters is 2. The summed E-state index contributed by atoms with van der Waals surface area (Å²) >= 11 is 0. The molecule has 0 bridgehead atoms. The van der Waals surface area contributed by atoms with E-state index in [1.54, 1.807) is 41.5 Å². The normalized spacial score (nSPS) is 26.8. The SMILES string of the molecule is C#CCCC[C@@H]1OC(=O)CNC(=O)C([C@@H](C)CC)NC(=O)[C@@H]2CCCN2C(=O)C([C@@H](C)CC)OC(=O)[C@H](Cc2ccccc2)N(C)C(=O)[C@H](C(C)C)NC(=O)C1(C)C. The summed E-state index contributed by atoms with van der Waals surface area (Å²) in [5, 5.41) is 8.30. The van der Waals surface area contributed by atoms with Gasteiger partial charge in [-0.15, -0.1) is 12.3 Å². The third kappa shape index (κ3) is 12.1. The molecule has 3 rings (SSSR count). The lowest BCUT2D eigenvalue weighted by Crippen LogP contribution is -2.59. The van der Waals surface area contributed by atoms with Crippen molar-refractivity contribution in [1.29, 1.82) is 0 Å². The number of rotatable bonds is 10. The van der Waals surface area contributed by atoms with Gasteiger partial charge in [-0.25, -0.2) is 4.79 Å². The molecule has 0 radical (unpaired) electrons. The average molecular weight is 808 g/mol. The van der Waals surface area contributed by atoms with Crippen molar-refractivity contribution < 1.29 is 43.0 Å². The van der Waals surface area contributed by atoms with Crippen LogP contribution in [-0.2, 0) is 49.5 Å². The van der Waals surface area contributed by atoms with Gasteiger partial charge in [0.2, 0.25) is 23.6 Å². The van der Waals surface area contributed by atoms with E-state index in [1.165, 1.54) is 16.8 Å². The molecular formula is C44H65N5O9. The first-order chi connectivity index (χ1) is 27.4. The summed E-state index contributed by atoms with van der Waals surface area (Å²) < 4.78 is 12.0. The number of hydrogen-bond acceptors (Lipinski definition) is 9. The van der Waals surface area contributed by atoms with Gasteiger partial charge >= 0.3 is 11.9 Å². The fourth-order valence-electron chi connectivity index (χ4n) is 7.25. The number of nitrogens with one attached hydrogen (secondary N) is 3. The number of benzene rings is 1. The van der Waals surface area contributed by atoms with E-state index in [4.69, 9.17) is 15.9 Å². The minimum Gasteiger partial charge on any atom is -0.460 e. The van der Waals surface area contributed by atoms with E-state index in [0.29, 0.717) is 38.5 Å². The van der Waals surface area contributed by atoms with Gasteiger partial charge in [-0.05, 0) is 63.4 Å². The number of ether oxygens (including phenoxy) is 2. The summed E-state index contributed by atoms with van der Waals surface area (Å²) in [6.45, 7) is 13.7. The molecule has 0 saturated carbocycles. The number of amides is 5. The van der Waals surface area contributed by atoms with E-state index in [9.17, 15) is 33.6 Å². The zero-order valence-corrected chi connectivity index (χ0v) is 35.8. The van der Waals surface area contributed by atoms with Crippen molar-refractivity contribution in [1.82, 2.24) is 25.8 Å². The lowest BCUT2D eigenvalue weighted by atomic mass is 9.82. The van der Waals surface area contributed by atoms with Crippen LogP contribution >= 0.6 is 0 Å². The summed E-state index contributed by atoms with van der Waals surface area (Å²) in [5.74, 6) is -3.17. The third-order valence-corrected chi connectivity index (χ3v) is 11.7. The third-order valence-electron chi connectivity index (χ3n) is 11.7. The number of likely N-dealkylation sites (N-methyl/N-ethyl adjacent to an activating group) is 1. The Labute approximate surface area is 344 Å². The van der Waals surface area contributed by atoms with E-state index >= 15 is 0 Å². The molecule has 320 valence electrons. The maximum absolute atomic E-state index is 14.5. The lowest BCUT2D eigenvalue weighted by molar-refractivity contribution is -0.170. The molecule has 2 saturated heterocycles. The van der Waals surface area contributed by atoms with Crippen molar-refractivity contribution in [3.8, 4) is 12.3 Å². The quantitative estimate of drug-likeness (QED) is 0.181. The molecule has 2 aliphatic rings. The summed E-state index contributed by atoms with van der Waals surface area (Å²) in [6, 6.07) is 4.78. The largest absolute Gasteiger partial charge is 0.460 e. The Balaban J connectivity index is 2.16. The summed E-state index contributed by atoms with van der Waals surface area (Å²) in [6.07, 6.45) is 6.09. The highest BCUT2D eigenvalue weighted by Crippen LogP contribution is 2.30. The fraction of sp³-hybridized carbons (Fsp3) is 0.659. The number of nitrogens with zero attached hydrogens (tertiary/aromatic N) is 2. The number of terminal acetylenes is 1. The van der Waals surface area contributed by atoms with Crippen LogP contribution in [0.5, 0.6) is 0 Å². The second kappa shape index (κ2) is 21.7. The van der Waals surface area contributed by atoms with Crippen LogP contribution in [0.15, 0.2) is 30.3 Å². The minimum atomic E-state index is -1.39. The van der Waals surface area contributed by atoms with Crippen molar-refractivity contribution in [3.05, 3.63) is 35.9 Å². The van der Waals surface area contributed by atoms with Crippen LogP contribution in [-0.4, -0.2) is 108 Å². The first-order valence-electron chi connectivity index (χ1n) is 20.7. The Bertz CT molecular complexity index is 1660. The van der Waals surface area contributed by atoms with Crippen LogP contribution in [0.2, 0.25) is 0 Å². The van der Waals surface area contributed by atoms with Crippen molar-refractivity contribution in [2.24, 2.45) is 23.2 Å². The van der Waals surface area contributed by atoms with E-state index in [1.807, 2.05) is 44.2 Å². The Morgan fingerprint density at radius 2 is 1.53 bits per heavy atom. The van der Waals surface area contributed by atoms with E-state index < -0.39 is 102 Å². The molecule has 58 heavy (non-hydrogen) atoms. The lowest BCUT2D eigenvalue weighted by Gasteiger charge is -2.37. The molecule has 0 aromatic heterocycles. The van der Waals surface area contributed by atoms with Crippen molar-refractivity contribution >= 4 is 41.5 Å². The highest BCUT2D eigenvalue weighted by atomic mass is 16.6. The first-order valence-corrected chi connectivity index (χ1v) is 20.7. The van der Waals surface area contributed by atoms with Crippen molar-refractivity contribution in [2.75, 3.05) is 20.1 Å². The van der Waals surface area contributed by atoms with Crippen molar-refractivity contribution in [3.63, 3.8) is 0 Å². The van der Waals surface area contributed by atoms with E-state index in [-0.39, 0.29) is 25.3 Å². The Hall–Kier alpha value is -4.93. The van der Waals surface area contributed by atoms with Crippen LogP contribution in [0, 0.1) is 35.5 Å². The van der Waals surface area contributed by atoms with Gasteiger partial charge in [-0.2, -0.15) is 0 Å². The van der Waals surface area contributed by atoms with Crippen LogP contribution in [0.3, 0.4) is 0 Å². The molecule has 2 unspecified atom stereocenters. The number of cyclic esters (lactones) is 2. The first kappa shape index (κ1) is 47.4. The minimum absolute atomic E-state index is 0.0502. The van der Waals surface area contributed by atoms with Gasteiger partial charge in [0.05, 0.1) is 5.41 Å². The molecule has 2 fully saturated rings. The zero-order chi connectivity index (χ0) is 43.3. The maximum Gasteiger partial charge on any atom is 0.329 e. The molecule has 2 heterocycles. The Morgan fingerprint density at radius 3 is 2.14 bits per heavy atom. The van der Waals surface area contributed by atoms with Gasteiger partial charge in [-0.3, -0.25) is 28.8 Å². The zero-order valence-electron chi connectivity index (χ0n) is 35.8.